The summed E-state index contributed by atoms with van der Waals surface area (Å²) in [6.07, 6.45) is 4.52. The van der Waals surface area contributed by atoms with Crippen LogP contribution in [0.1, 0.15) is 20.3 Å². The van der Waals surface area contributed by atoms with Crippen LogP contribution in [0.5, 0.6) is 0 Å². The van der Waals surface area contributed by atoms with Crippen LogP contribution in [0.3, 0.4) is 0 Å². The minimum atomic E-state index is 0.249. The standard InChI is InChI=1S/C7H13NO/c1-3-5-6-7(8)9-4-2/h5-6,8H,3-4H2,1-2H3/b6-5+,8-7?. The van der Waals surface area contributed by atoms with Gasteiger partial charge in [-0.25, -0.2) is 0 Å². The van der Waals surface area contributed by atoms with Gasteiger partial charge >= 0.3 is 0 Å². The summed E-state index contributed by atoms with van der Waals surface area (Å²) in [6, 6.07) is 0. The monoisotopic (exact) mass is 127 g/mol. The Kier molecular flexibility index (Phi) is 4.88. The predicted molar refractivity (Wildman–Crippen MR) is 38.8 cm³/mol. The molecule has 0 atom stereocenters. The summed E-state index contributed by atoms with van der Waals surface area (Å²) in [6.45, 7) is 4.47. The summed E-state index contributed by atoms with van der Waals surface area (Å²) >= 11 is 0. The fourth-order valence-corrected chi connectivity index (χ4v) is 0.429. The van der Waals surface area contributed by atoms with Crippen LogP contribution < -0.4 is 0 Å². The highest BCUT2D eigenvalue weighted by molar-refractivity contribution is 5.84. The van der Waals surface area contributed by atoms with Crippen LogP contribution in [0.2, 0.25) is 0 Å². The highest BCUT2D eigenvalue weighted by Gasteiger charge is 1.83. The minimum Gasteiger partial charge on any atom is -0.478 e. The van der Waals surface area contributed by atoms with Gasteiger partial charge in [-0.05, 0) is 19.4 Å². The third kappa shape index (κ3) is 5.07. The van der Waals surface area contributed by atoms with E-state index in [0.29, 0.717) is 6.61 Å². The summed E-state index contributed by atoms with van der Waals surface area (Å²) in [4.78, 5) is 0. The van der Waals surface area contributed by atoms with Crippen LogP contribution in [0.4, 0.5) is 0 Å². The molecule has 0 aromatic carbocycles. The number of nitrogens with one attached hydrogen (secondary N) is 1. The Labute approximate surface area is 56.0 Å². The molecular formula is C7H13NO. The van der Waals surface area contributed by atoms with Gasteiger partial charge in [-0.15, -0.1) is 0 Å². The molecule has 9 heavy (non-hydrogen) atoms. The van der Waals surface area contributed by atoms with Gasteiger partial charge in [0.1, 0.15) is 0 Å². The normalized spacial score (nSPS) is 10.0. The average molecular weight is 127 g/mol. The van der Waals surface area contributed by atoms with E-state index in [4.69, 9.17) is 10.1 Å². The first-order valence-electron chi connectivity index (χ1n) is 3.19. The van der Waals surface area contributed by atoms with Gasteiger partial charge in [0.2, 0.25) is 5.90 Å². The van der Waals surface area contributed by atoms with Crippen molar-refractivity contribution in [3.63, 3.8) is 0 Å². The van der Waals surface area contributed by atoms with Gasteiger partial charge in [0.25, 0.3) is 0 Å². The van der Waals surface area contributed by atoms with E-state index in [1.807, 2.05) is 19.9 Å². The Bertz CT molecular complexity index is 107. The molecule has 0 rings (SSSR count). The average Bonchev–Trinajstić information content (AvgIpc) is 1.85. The summed E-state index contributed by atoms with van der Waals surface area (Å²) in [7, 11) is 0. The Balaban J connectivity index is 3.37. The second-order valence-corrected chi connectivity index (χ2v) is 1.61. The highest BCUT2D eigenvalue weighted by atomic mass is 16.5. The van der Waals surface area contributed by atoms with Crippen molar-refractivity contribution in [1.29, 1.82) is 5.41 Å². The van der Waals surface area contributed by atoms with E-state index >= 15 is 0 Å². The molecule has 0 saturated heterocycles. The maximum Gasteiger partial charge on any atom is 0.205 e. The minimum absolute atomic E-state index is 0.249. The highest BCUT2D eigenvalue weighted by Crippen LogP contribution is 1.83. The van der Waals surface area contributed by atoms with Crippen LogP contribution in [0.15, 0.2) is 12.2 Å². The molecule has 52 valence electrons. The fourth-order valence-electron chi connectivity index (χ4n) is 0.429. The lowest BCUT2D eigenvalue weighted by Gasteiger charge is -1.96. The maximum absolute atomic E-state index is 7.08. The van der Waals surface area contributed by atoms with Crippen LogP contribution >= 0.6 is 0 Å². The molecule has 0 bridgehead atoms. The van der Waals surface area contributed by atoms with Crippen LogP contribution in [-0.4, -0.2) is 12.5 Å². The van der Waals surface area contributed by atoms with Crippen molar-refractivity contribution < 1.29 is 4.74 Å². The molecule has 0 aliphatic heterocycles. The van der Waals surface area contributed by atoms with E-state index in [9.17, 15) is 0 Å². The van der Waals surface area contributed by atoms with Crippen molar-refractivity contribution in [3.8, 4) is 0 Å². The van der Waals surface area contributed by atoms with Gasteiger partial charge in [-0.1, -0.05) is 13.0 Å². The molecule has 0 aromatic heterocycles. The van der Waals surface area contributed by atoms with Gasteiger partial charge < -0.3 is 4.74 Å². The van der Waals surface area contributed by atoms with Crippen molar-refractivity contribution in [3.05, 3.63) is 12.2 Å². The topological polar surface area (TPSA) is 33.1 Å². The number of hydrogen-bond acceptors (Lipinski definition) is 2. The first-order chi connectivity index (χ1) is 4.31. The summed E-state index contributed by atoms with van der Waals surface area (Å²) in [5.41, 5.74) is 0. The lowest BCUT2D eigenvalue weighted by Crippen LogP contribution is -1.97. The SMILES string of the molecule is CC/C=C/C(=N)OCC. The molecule has 0 aliphatic carbocycles. The van der Waals surface area contributed by atoms with Gasteiger partial charge in [0.05, 0.1) is 6.61 Å². The molecule has 2 nitrogen and oxygen atoms in total. The van der Waals surface area contributed by atoms with Crippen LogP contribution in [0.25, 0.3) is 0 Å². The molecule has 0 amide bonds. The first kappa shape index (κ1) is 8.21. The third-order valence-corrected chi connectivity index (χ3v) is 0.805. The van der Waals surface area contributed by atoms with E-state index < -0.39 is 0 Å². The van der Waals surface area contributed by atoms with E-state index in [-0.39, 0.29) is 5.90 Å². The lowest BCUT2D eigenvalue weighted by atomic mass is 10.4. The van der Waals surface area contributed by atoms with Gasteiger partial charge in [-0.2, -0.15) is 0 Å². The molecular weight excluding hydrogens is 114 g/mol. The molecule has 0 saturated carbocycles. The van der Waals surface area contributed by atoms with Crippen molar-refractivity contribution in [2.24, 2.45) is 0 Å². The van der Waals surface area contributed by atoms with Crippen molar-refractivity contribution in [2.75, 3.05) is 6.61 Å². The van der Waals surface area contributed by atoms with E-state index in [1.165, 1.54) is 0 Å². The summed E-state index contributed by atoms with van der Waals surface area (Å²) < 4.78 is 4.84. The molecule has 0 unspecified atom stereocenters. The Morgan fingerprint density at radius 3 is 2.67 bits per heavy atom. The Morgan fingerprint density at radius 1 is 1.56 bits per heavy atom. The van der Waals surface area contributed by atoms with Crippen LogP contribution in [-0.2, 0) is 4.74 Å². The Hall–Kier alpha value is -0.790. The fraction of sp³-hybridized carbons (Fsp3) is 0.571. The number of ether oxygens (including phenoxy) is 1. The lowest BCUT2D eigenvalue weighted by molar-refractivity contribution is 0.327. The molecule has 0 aliphatic rings. The summed E-state index contributed by atoms with van der Waals surface area (Å²) in [5.74, 6) is 0.249. The van der Waals surface area contributed by atoms with Crippen LogP contribution in [0, 0.1) is 5.41 Å². The van der Waals surface area contributed by atoms with E-state index in [2.05, 4.69) is 0 Å². The zero-order valence-electron chi connectivity index (χ0n) is 5.98. The van der Waals surface area contributed by atoms with Crippen molar-refractivity contribution >= 4 is 5.90 Å². The maximum atomic E-state index is 7.08. The van der Waals surface area contributed by atoms with Gasteiger partial charge in [0, 0.05) is 0 Å². The summed E-state index contributed by atoms with van der Waals surface area (Å²) in [5, 5.41) is 7.08. The number of rotatable bonds is 3. The molecule has 0 fully saturated rings. The molecule has 0 heterocycles. The third-order valence-electron chi connectivity index (χ3n) is 0.805. The quantitative estimate of drug-likeness (QED) is 0.456. The zero-order chi connectivity index (χ0) is 7.11. The van der Waals surface area contributed by atoms with E-state index in [1.54, 1.807) is 6.08 Å². The van der Waals surface area contributed by atoms with Crippen molar-refractivity contribution in [2.45, 2.75) is 20.3 Å². The number of allylic oxidation sites excluding steroid dienone is 1. The predicted octanol–water partition coefficient (Wildman–Crippen LogP) is 1.97. The van der Waals surface area contributed by atoms with Gasteiger partial charge in [-0.3, -0.25) is 5.41 Å². The Morgan fingerprint density at radius 2 is 2.22 bits per heavy atom. The molecule has 0 radical (unpaired) electrons. The van der Waals surface area contributed by atoms with Crippen molar-refractivity contribution in [1.82, 2.24) is 0 Å². The molecule has 2 heteroatoms. The van der Waals surface area contributed by atoms with Gasteiger partial charge in [0.15, 0.2) is 0 Å². The second kappa shape index (κ2) is 5.35. The second-order valence-electron chi connectivity index (χ2n) is 1.61. The molecule has 0 spiro atoms. The first-order valence-corrected chi connectivity index (χ1v) is 3.19. The smallest absolute Gasteiger partial charge is 0.205 e. The largest absolute Gasteiger partial charge is 0.478 e. The molecule has 0 aromatic rings. The number of hydrogen-bond donors (Lipinski definition) is 1. The zero-order valence-corrected chi connectivity index (χ0v) is 5.98. The van der Waals surface area contributed by atoms with E-state index in [0.717, 1.165) is 6.42 Å². The molecule has 1 N–H and O–H groups in total.